The highest BCUT2D eigenvalue weighted by atomic mass is 16.5. The highest BCUT2D eigenvalue weighted by molar-refractivity contribution is 5.90. The summed E-state index contributed by atoms with van der Waals surface area (Å²) < 4.78 is 9.85. The van der Waals surface area contributed by atoms with Crippen molar-refractivity contribution in [3.05, 3.63) is 59.7 Å². The first-order valence-electron chi connectivity index (χ1n) is 13.6. The zero-order valence-corrected chi connectivity index (χ0v) is 24.5. The van der Waals surface area contributed by atoms with Crippen molar-refractivity contribution in [2.75, 3.05) is 49.2 Å². The normalized spacial score (nSPS) is 13.7. The van der Waals surface area contributed by atoms with Crippen LogP contribution in [0.4, 0.5) is 11.4 Å². The van der Waals surface area contributed by atoms with E-state index in [4.69, 9.17) is 9.47 Å². The van der Waals surface area contributed by atoms with Crippen LogP contribution in [-0.4, -0.2) is 96.2 Å². The van der Waals surface area contributed by atoms with E-state index in [2.05, 4.69) is 0 Å². The smallest absolute Gasteiger partial charge is 0.338 e. The highest BCUT2D eigenvalue weighted by Crippen LogP contribution is 2.18. The van der Waals surface area contributed by atoms with Crippen molar-refractivity contribution in [2.45, 2.75) is 66.0 Å². The molecule has 0 fully saturated rings. The number of esters is 2. The van der Waals surface area contributed by atoms with Gasteiger partial charge in [-0.1, -0.05) is 0 Å². The molecule has 0 bridgehead atoms. The van der Waals surface area contributed by atoms with Gasteiger partial charge in [-0.05, 0) is 90.1 Å². The van der Waals surface area contributed by atoms with Crippen LogP contribution in [0.25, 0.3) is 0 Å². The van der Waals surface area contributed by atoms with Crippen LogP contribution in [0.2, 0.25) is 0 Å². The second kappa shape index (κ2) is 18.2. The van der Waals surface area contributed by atoms with Crippen LogP contribution in [0.5, 0.6) is 0 Å². The number of hydrogen-bond donors (Lipinski definition) is 4. The third-order valence-electron chi connectivity index (χ3n) is 5.43. The molecule has 2 aromatic carbocycles. The number of rotatable bonds is 14. The summed E-state index contributed by atoms with van der Waals surface area (Å²) in [6.07, 6.45) is -2.01. The largest absolute Gasteiger partial charge is 0.462 e. The first kappa shape index (κ1) is 34.8. The Kier molecular flexibility index (Phi) is 15.9. The Bertz CT molecular complexity index is 890. The number of benzene rings is 2. The van der Waals surface area contributed by atoms with Crippen molar-refractivity contribution in [2.24, 2.45) is 0 Å². The number of carbonyl (C=O) groups excluding carboxylic acids is 2. The summed E-state index contributed by atoms with van der Waals surface area (Å²) in [7, 11) is 0. The molecule has 0 spiro atoms. The zero-order chi connectivity index (χ0) is 30.2. The van der Waals surface area contributed by atoms with Crippen molar-refractivity contribution in [3.63, 3.8) is 0 Å². The fourth-order valence-corrected chi connectivity index (χ4v) is 3.89. The summed E-state index contributed by atoms with van der Waals surface area (Å²) in [4.78, 5) is 26.9. The van der Waals surface area contributed by atoms with Gasteiger partial charge in [0.25, 0.3) is 0 Å². The van der Waals surface area contributed by atoms with E-state index in [-0.39, 0.29) is 11.9 Å². The van der Waals surface area contributed by atoms with Crippen molar-refractivity contribution >= 4 is 23.3 Å². The summed E-state index contributed by atoms with van der Waals surface area (Å²) in [6, 6.07) is 13.9. The molecule has 2 aromatic rings. The number of ether oxygens (including phenoxy) is 2. The lowest BCUT2D eigenvalue weighted by molar-refractivity contribution is 0.0517. The topological polar surface area (TPSA) is 140 Å². The van der Waals surface area contributed by atoms with E-state index in [0.29, 0.717) is 50.5 Å². The quantitative estimate of drug-likeness (QED) is 0.254. The minimum absolute atomic E-state index is 0.344. The van der Waals surface area contributed by atoms with E-state index in [1.165, 1.54) is 0 Å². The molecule has 0 aliphatic heterocycles. The van der Waals surface area contributed by atoms with Gasteiger partial charge in [0.15, 0.2) is 0 Å². The average Bonchev–Trinajstić information content (AvgIpc) is 2.88. The maximum absolute atomic E-state index is 11.6. The van der Waals surface area contributed by atoms with E-state index >= 15 is 0 Å². The van der Waals surface area contributed by atoms with Gasteiger partial charge in [-0.15, -0.1) is 0 Å². The Labute approximate surface area is 237 Å². The molecule has 10 nitrogen and oxygen atoms in total. The van der Waals surface area contributed by atoms with Crippen LogP contribution in [0, 0.1) is 0 Å². The van der Waals surface area contributed by atoms with E-state index < -0.39 is 24.4 Å². The van der Waals surface area contributed by atoms with Crippen LogP contribution >= 0.6 is 0 Å². The van der Waals surface area contributed by atoms with Crippen LogP contribution in [-0.2, 0) is 9.47 Å². The molecule has 0 aliphatic rings. The molecular weight excluding hydrogens is 516 g/mol. The number of nitrogens with zero attached hydrogens (tertiary/aromatic N) is 2. The minimum Gasteiger partial charge on any atom is -0.462 e. The number of carbonyl (C=O) groups is 2. The molecular formula is C30H46N2O8. The molecule has 0 amide bonds. The predicted molar refractivity (Wildman–Crippen MR) is 156 cm³/mol. The number of anilines is 2. The number of hydrogen-bond acceptors (Lipinski definition) is 10. The fourth-order valence-electron chi connectivity index (χ4n) is 3.89. The average molecular weight is 563 g/mol. The van der Waals surface area contributed by atoms with Gasteiger partial charge < -0.3 is 39.7 Å². The lowest BCUT2D eigenvalue weighted by Gasteiger charge is -2.27. The van der Waals surface area contributed by atoms with E-state index in [9.17, 15) is 30.0 Å². The van der Waals surface area contributed by atoms with Crippen LogP contribution in [0.3, 0.4) is 0 Å². The molecule has 10 heteroatoms. The van der Waals surface area contributed by atoms with E-state index in [0.717, 1.165) is 11.4 Å². The monoisotopic (exact) mass is 562 g/mol. The number of aliphatic hydroxyl groups excluding tert-OH is 4. The van der Waals surface area contributed by atoms with Gasteiger partial charge in [-0.2, -0.15) is 0 Å². The summed E-state index contributed by atoms with van der Waals surface area (Å²) in [5.74, 6) is -0.701. The zero-order valence-electron chi connectivity index (χ0n) is 24.5. The Morgan fingerprint density at radius 2 is 0.825 bits per heavy atom. The lowest BCUT2D eigenvalue weighted by Crippen LogP contribution is -2.36. The fraction of sp³-hybridized carbons (Fsp3) is 0.533. The summed E-state index contributed by atoms with van der Waals surface area (Å²) >= 11 is 0. The molecule has 0 aromatic heterocycles. The van der Waals surface area contributed by atoms with E-state index in [1.54, 1.807) is 90.1 Å². The Morgan fingerprint density at radius 1 is 0.575 bits per heavy atom. The molecule has 2 rings (SSSR count). The van der Waals surface area contributed by atoms with Gasteiger partial charge in [-0.3, -0.25) is 0 Å². The van der Waals surface area contributed by atoms with Gasteiger partial charge in [-0.25, -0.2) is 9.59 Å². The molecule has 0 radical (unpaired) electrons. The second-order valence-corrected chi connectivity index (χ2v) is 9.74. The third kappa shape index (κ3) is 13.3. The van der Waals surface area contributed by atoms with Crippen molar-refractivity contribution in [3.8, 4) is 0 Å². The molecule has 0 saturated heterocycles. The maximum atomic E-state index is 11.6. The number of aliphatic hydroxyl groups is 4. The molecule has 0 saturated carbocycles. The molecule has 0 aliphatic carbocycles. The van der Waals surface area contributed by atoms with Gasteiger partial charge in [0.05, 0.1) is 48.8 Å². The van der Waals surface area contributed by atoms with Crippen molar-refractivity contribution < 1.29 is 39.5 Å². The maximum Gasteiger partial charge on any atom is 0.338 e. The van der Waals surface area contributed by atoms with Gasteiger partial charge in [0.2, 0.25) is 0 Å². The van der Waals surface area contributed by atoms with E-state index in [1.807, 2.05) is 9.80 Å². The second-order valence-electron chi connectivity index (χ2n) is 9.74. The Morgan fingerprint density at radius 3 is 1.02 bits per heavy atom. The van der Waals surface area contributed by atoms with Crippen LogP contribution in [0.15, 0.2) is 48.5 Å². The first-order chi connectivity index (χ1) is 18.9. The Balaban J connectivity index is 0.000000400. The van der Waals surface area contributed by atoms with Crippen LogP contribution < -0.4 is 9.80 Å². The third-order valence-corrected chi connectivity index (χ3v) is 5.43. The molecule has 4 unspecified atom stereocenters. The molecule has 224 valence electrons. The summed E-state index contributed by atoms with van der Waals surface area (Å²) in [6.45, 7) is 12.7. The standard InChI is InChI=1S/2C15H23NO4/c2*1-4-20-15(19)13-5-7-14(8-6-13)16(9-11(2)17)10-12(3)18/h2*5-8,11-12,17-18H,4,9-10H2,1-3H3. The predicted octanol–water partition coefficient (Wildman–Crippen LogP) is 2.86. The summed E-state index contributed by atoms with van der Waals surface area (Å²) in [5.41, 5.74) is 2.67. The molecule has 4 atom stereocenters. The van der Waals surface area contributed by atoms with Crippen LogP contribution in [0.1, 0.15) is 62.3 Å². The Hall–Kier alpha value is -3.18. The SMILES string of the molecule is CCOC(=O)c1ccc(N(CC(C)O)CC(C)O)cc1.CCOC(=O)c1ccc(N(CC(C)O)CC(C)O)cc1. The van der Waals surface area contributed by atoms with Crippen molar-refractivity contribution in [1.82, 2.24) is 0 Å². The van der Waals surface area contributed by atoms with Gasteiger partial charge in [0, 0.05) is 37.6 Å². The van der Waals surface area contributed by atoms with Gasteiger partial charge in [0.1, 0.15) is 0 Å². The highest BCUT2D eigenvalue weighted by Gasteiger charge is 2.15. The first-order valence-corrected chi connectivity index (χ1v) is 13.6. The van der Waals surface area contributed by atoms with Crippen molar-refractivity contribution in [1.29, 1.82) is 0 Å². The molecule has 4 N–H and O–H groups in total. The van der Waals surface area contributed by atoms with Gasteiger partial charge >= 0.3 is 11.9 Å². The lowest BCUT2D eigenvalue weighted by atomic mass is 10.1. The molecule has 40 heavy (non-hydrogen) atoms. The molecule has 0 heterocycles. The summed E-state index contributed by atoms with van der Waals surface area (Å²) in [5, 5.41) is 38.0. The minimum atomic E-state index is -0.501.